The quantitative estimate of drug-likeness (QED) is 0.494. The SMILES string of the molecule is CCOC(=O)c1cc(Br)c(O)c([N+](=O)[O-])c1OC(F)(F)F. The van der Waals surface area contributed by atoms with Crippen molar-refractivity contribution in [1.29, 1.82) is 0 Å². The number of hydrogen-bond donors (Lipinski definition) is 1. The predicted molar refractivity (Wildman–Crippen MR) is 65.1 cm³/mol. The van der Waals surface area contributed by atoms with E-state index in [9.17, 15) is 33.2 Å². The molecule has 0 atom stereocenters. The minimum absolute atomic E-state index is 0.170. The van der Waals surface area contributed by atoms with E-state index in [0.29, 0.717) is 0 Å². The Hall–Kier alpha value is -2.04. The molecule has 0 unspecified atom stereocenters. The van der Waals surface area contributed by atoms with Gasteiger partial charge < -0.3 is 14.6 Å². The molecule has 0 spiro atoms. The highest BCUT2D eigenvalue weighted by atomic mass is 79.9. The number of rotatable bonds is 4. The van der Waals surface area contributed by atoms with Crippen molar-refractivity contribution in [1.82, 2.24) is 0 Å². The van der Waals surface area contributed by atoms with Crippen LogP contribution < -0.4 is 4.74 Å². The molecule has 0 aromatic heterocycles. The molecular formula is C10H7BrF3NO6. The summed E-state index contributed by atoms with van der Waals surface area (Å²) >= 11 is 2.70. The lowest BCUT2D eigenvalue weighted by Gasteiger charge is -2.14. The van der Waals surface area contributed by atoms with Crippen LogP contribution in [0.5, 0.6) is 11.5 Å². The van der Waals surface area contributed by atoms with Crippen LogP contribution in [0.2, 0.25) is 0 Å². The molecule has 0 radical (unpaired) electrons. The van der Waals surface area contributed by atoms with Crippen LogP contribution in [-0.4, -0.2) is 29.0 Å². The molecule has 0 heterocycles. The number of nitrogens with zero attached hydrogens (tertiary/aromatic N) is 1. The Morgan fingerprint density at radius 2 is 2.10 bits per heavy atom. The highest BCUT2D eigenvalue weighted by molar-refractivity contribution is 9.10. The van der Waals surface area contributed by atoms with E-state index >= 15 is 0 Å². The first-order valence-corrected chi connectivity index (χ1v) is 6.00. The van der Waals surface area contributed by atoms with Crippen molar-refractivity contribution in [3.05, 3.63) is 26.2 Å². The number of nitro groups is 1. The molecule has 1 rings (SSSR count). The first kappa shape index (κ1) is 17.0. The number of alkyl halides is 3. The van der Waals surface area contributed by atoms with Crippen LogP contribution in [0.3, 0.4) is 0 Å². The molecule has 0 bridgehead atoms. The maximum Gasteiger partial charge on any atom is 0.573 e. The Bertz CT molecular complexity index is 589. The van der Waals surface area contributed by atoms with Gasteiger partial charge in [0, 0.05) is 0 Å². The lowest BCUT2D eigenvalue weighted by molar-refractivity contribution is -0.389. The molecule has 1 N–H and O–H groups in total. The largest absolute Gasteiger partial charge is 0.573 e. The molecule has 1 aromatic rings. The average molecular weight is 374 g/mol. The molecular weight excluding hydrogens is 367 g/mol. The fourth-order valence-corrected chi connectivity index (χ4v) is 1.77. The molecule has 21 heavy (non-hydrogen) atoms. The third-order valence-corrected chi connectivity index (χ3v) is 2.68. The molecule has 0 aliphatic carbocycles. The summed E-state index contributed by atoms with van der Waals surface area (Å²) in [4.78, 5) is 21.1. The Kier molecular flexibility index (Phi) is 4.99. The van der Waals surface area contributed by atoms with Gasteiger partial charge in [-0.15, -0.1) is 13.2 Å². The Morgan fingerprint density at radius 3 is 2.52 bits per heavy atom. The van der Waals surface area contributed by atoms with Crippen LogP contribution in [-0.2, 0) is 4.74 Å². The van der Waals surface area contributed by atoms with Crippen molar-refractivity contribution < 1.29 is 37.5 Å². The lowest BCUT2D eigenvalue weighted by atomic mass is 10.1. The Labute approximate surface area is 123 Å². The highest BCUT2D eigenvalue weighted by Gasteiger charge is 2.40. The summed E-state index contributed by atoms with van der Waals surface area (Å²) in [5.41, 5.74) is -2.24. The lowest BCUT2D eigenvalue weighted by Crippen LogP contribution is -2.20. The van der Waals surface area contributed by atoms with Gasteiger partial charge in [-0.3, -0.25) is 10.1 Å². The first-order chi connectivity index (χ1) is 9.58. The van der Waals surface area contributed by atoms with Gasteiger partial charge in [0.25, 0.3) is 0 Å². The monoisotopic (exact) mass is 373 g/mol. The second-order valence-electron chi connectivity index (χ2n) is 3.46. The first-order valence-electron chi connectivity index (χ1n) is 5.21. The number of carbonyl (C=O) groups excluding carboxylic acids is 1. The minimum atomic E-state index is -5.30. The zero-order chi connectivity index (χ0) is 16.4. The van der Waals surface area contributed by atoms with E-state index in [-0.39, 0.29) is 11.1 Å². The fraction of sp³-hybridized carbons (Fsp3) is 0.300. The van der Waals surface area contributed by atoms with Crippen LogP contribution in [0, 0.1) is 10.1 Å². The van der Waals surface area contributed by atoms with Crippen molar-refractivity contribution in [2.75, 3.05) is 6.61 Å². The number of phenols is 1. The topological polar surface area (TPSA) is 98.9 Å². The number of carbonyl (C=O) groups is 1. The van der Waals surface area contributed by atoms with E-state index in [4.69, 9.17) is 0 Å². The molecule has 0 amide bonds. The van der Waals surface area contributed by atoms with Crippen molar-refractivity contribution in [2.45, 2.75) is 13.3 Å². The van der Waals surface area contributed by atoms with Crippen molar-refractivity contribution in [3.8, 4) is 11.5 Å². The number of halogens is 4. The summed E-state index contributed by atoms with van der Waals surface area (Å²) < 4.78 is 44.7. The third kappa shape index (κ3) is 3.97. The molecule has 0 fully saturated rings. The van der Waals surface area contributed by atoms with Gasteiger partial charge >= 0.3 is 18.0 Å². The van der Waals surface area contributed by atoms with Gasteiger partial charge in [-0.2, -0.15) is 0 Å². The average Bonchev–Trinajstić information content (AvgIpc) is 2.31. The minimum Gasteiger partial charge on any atom is -0.501 e. The number of benzene rings is 1. The number of aromatic hydroxyl groups is 1. The summed E-state index contributed by atoms with van der Waals surface area (Å²) in [6, 6.07) is 0.738. The summed E-state index contributed by atoms with van der Waals surface area (Å²) in [5.74, 6) is -3.81. The van der Waals surface area contributed by atoms with Crippen LogP contribution in [0.25, 0.3) is 0 Å². The van der Waals surface area contributed by atoms with Gasteiger partial charge in [0.15, 0.2) is 0 Å². The maximum absolute atomic E-state index is 12.4. The third-order valence-electron chi connectivity index (χ3n) is 2.08. The van der Waals surface area contributed by atoms with E-state index < -0.39 is 40.0 Å². The highest BCUT2D eigenvalue weighted by Crippen LogP contribution is 2.45. The Balaban J connectivity index is 3.62. The van der Waals surface area contributed by atoms with Gasteiger partial charge in [-0.1, -0.05) is 0 Å². The van der Waals surface area contributed by atoms with Gasteiger partial charge in [-0.25, -0.2) is 4.79 Å². The zero-order valence-corrected chi connectivity index (χ0v) is 11.8. The zero-order valence-electron chi connectivity index (χ0n) is 10.2. The molecule has 0 aliphatic heterocycles. The normalized spacial score (nSPS) is 11.1. The molecule has 0 saturated heterocycles. The van der Waals surface area contributed by atoms with E-state index in [1.165, 1.54) is 6.92 Å². The second kappa shape index (κ2) is 6.16. The molecule has 11 heteroatoms. The number of hydrogen-bond acceptors (Lipinski definition) is 6. The van der Waals surface area contributed by atoms with Gasteiger partial charge in [-0.05, 0) is 28.9 Å². The standard InChI is InChI=1S/C10H7BrF3NO6/c1-2-20-9(17)4-3-5(11)7(16)6(15(18)19)8(4)21-10(12,13)14/h3,16H,2H2,1H3. The van der Waals surface area contributed by atoms with Gasteiger partial charge in [0.2, 0.25) is 11.5 Å². The number of esters is 1. The second-order valence-corrected chi connectivity index (χ2v) is 4.31. The Morgan fingerprint density at radius 1 is 1.52 bits per heavy atom. The molecule has 0 saturated carbocycles. The summed E-state index contributed by atoms with van der Waals surface area (Å²) in [6.45, 7) is 1.22. The summed E-state index contributed by atoms with van der Waals surface area (Å²) in [5, 5.41) is 20.3. The van der Waals surface area contributed by atoms with Crippen LogP contribution in [0.15, 0.2) is 10.5 Å². The number of phenolic OH excluding ortho intramolecular Hbond substituents is 1. The van der Waals surface area contributed by atoms with Crippen molar-refractivity contribution in [3.63, 3.8) is 0 Å². The van der Waals surface area contributed by atoms with E-state index in [1.807, 2.05) is 0 Å². The maximum atomic E-state index is 12.4. The van der Waals surface area contributed by atoms with Crippen molar-refractivity contribution >= 4 is 27.6 Å². The molecule has 7 nitrogen and oxygen atoms in total. The molecule has 1 aromatic carbocycles. The summed E-state index contributed by atoms with van der Waals surface area (Å²) in [7, 11) is 0. The van der Waals surface area contributed by atoms with E-state index in [1.54, 1.807) is 0 Å². The summed E-state index contributed by atoms with van der Waals surface area (Å²) in [6.07, 6.45) is -5.30. The molecule has 0 aliphatic rings. The smallest absolute Gasteiger partial charge is 0.501 e. The van der Waals surface area contributed by atoms with Crippen LogP contribution in [0.4, 0.5) is 18.9 Å². The van der Waals surface area contributed by atoms with Crippen LogP contribution in [0.1, 0.15) is 17.3 Å². The van der Waals surface area contributed by atoms with Crippen molar-refractivity contribution in [2.24, 2.45) is 0 Å². The van der Waals surface area contributed by atoms with Gasteiger partial charge in [0.1, 0.15) is 5.56 Å². The number of ether oxygens (including phenoxy) is 2. The predicted octanol–water partition coefficient (Wildman–Crippen LogP) is 3.14. The van der Waals surface area contributed by atoms with Crippen LogP contribution >= 0.6 is 15.9 Å². The van der Waals surface area contributed by atoms with E-state index in [0.717, 1.165) is 6.07 Å². The van der Waals surface area contributed by atoms with Gasteiger partial charge in [0.05, 0.1) is 16.0 Å². The fourth-order valence-electron chi connectivity index (χ4n) is 1.36. The number of nitro benzene ring substituents is 1. The molecule has 116 valence electrons. The van der Waals surface area contributed by atoms with E-state index in [2.05, 4.69) is 25.4 Å².